The molecule has 0 aromatic heterocycles. The van der Waals surface area contributed by atoms with E-state index in [0.717, 1.165) is 23.4 Å². The van der Waals surface area contributed by atoms with Gasteiger partial charge in [0.05, 0.1) is 20.6 Å². The van der Waals surface area contributed by atoms with E-state index in [1.54, 1.807) is 7.11 Å². The van der Waals surface area contributed by atoms with Crippen molar-refractivity contribution in [1.29, 1.82) is 0 Å². The first-order chi connectivity index (χ1) is 8.58. The topological polar surface area (TPSA) is 47.6 Å². The predicted octanol–water partition coefficient (Wildman–Crippen LogP) is 1.96. The molecule has 0 bridgehead atoms. The maximum Gasteiger partial charge on any atom is 0.306 e. The number of rotatable bonds is 6. The first kappa shape index (κ1) is 14.5. The van der Waals surface area contributed by atoms with E-state index in [9.17, 15) is 4.79 Å². The fraction of sp³-hybridized carbons (Fsp3) is 0.500. The molecule has 18 heavy (non-hydrogen) atoms. The molecule has 0 fully saturated rings. The van der Waals surface area contributed by atoms with Crippen molar-refractivity contribution in [2.45, 2.75) is 26.8 Å². The number of carbonyl (C=O) groups excluding carboxylic acids is 1. The molecular formula is C14H21NO3. The third kappa shape index (κ3) is 4.04. The quantitative estimate of drug-likeness (QED) is 0.620. The van der Waals surface area contributed by atoms with Gasteiger partial charge in [0.15, 0.2) is 0 Å². The van der Waals surface area contributed by atoms with Gasteiger partial charge in [-0.1, -0.05) is 12.1 Å². The average Bonchev–Trinajstić information content (AvgIpc) is 2.34. The molecule has 0 saturated carbocycles. The van der Waals surface area contributed by atoms with Crippen LogP contribution >= 0.6 is 0 Å². The second-order valence-corrected chi connectivity index (χ2v) is 4.27. The van der Waals surface area contributed by atoms with Gasteiger partial charge in [0, 0.05) is 13.1 Å². The number of benzene rings is 1. The lowest BCUT2D eigenvalue weighted by Crippen LogP contribution is -2.18. The van der Waals surface area contributed by atoms with Crippen LogP contribution < -0.4 is 10.1 Å². The third-order valence-corrected chi connectivity index (χ3v) is 2.79. The number of ether oxygens (including phenoxy) is 2. The Labute approximate surface area is 108 Å². The summed E-state index contributed by atoms with van der Waals surface area (Å²) in [7, 11) is 3.09. The Morgan fingerprint density at radius 2 is 1.83 bits per heavy atom. The van der Waals surface area contributed by atoms with Gasteiger partial charge in [0.1, 0.15) is 5.75 Å². The van der Waals surface area contributed by atoms with Crippen molar-refractivity contribution < 1.29 is 14.3 Å². The Balaban J connectivity index is 2.51. The summed E-state index contributed by atoms with van der Waals surface area (Å²) in [5, 5.41) is 3.22. The Morgan fingerprint density at radius 3 is 2.33 bits per heavy atom. The largest absolute Gasteiger partial charge is 0.496 e. The minimum absolute atomic E-state index is 0.190. The van der Waals surface area contributed by atoms with Crippen LogP contribution in [0.1, 0.15) is 23.1 Å². The van der Waals surface area contributed by atoms with Crippen molar-refractivity contribution in [3.05, 3.63) is 28.8 Å². The molecule has 0 aliphatic rings. The molecule has 1 aromatic rings. The molecule has 0 saturated heterocycles. The molecule has 0 spiro atoms. The van der Waals surface area contributed by atoms with E-state index in [1.165, 1.54) is 12.7 Å². The first-order valence-corrected chi connectivity index (χ1v) is 6.00. The van der Waals surface area contributed by atoms with Gasteiger partial charge in [-0.3, -0.25) is 4.79 Å². The van der Waals surface area contributed by atoms with E-state index in [1.807, 2.05) is 13.8 Å². The van der Waals surface area contributed by atoms with Crippen molar-refractivity contribution in [3.63, 3.8) is 0 Å². The molecule has 0 amide bonds. The number of methoxy groups -OCH3 is 2. The van der Waals surface area contributed by atoms with Crippen LogP contribution in [0.3, 0.4) is 0 Å². The van der Waals surface area contributed by atoms with Crippen LogP contribution in [0, 0.1) is 13.8 Å². The number of aryl methyl sites for hydroxylation is 2. The Morgan fingerprint density at radius 1 is 1.22 bits per heavy atom. The molecule has 1 aromatic carbocycles. The Bertz CT molecular complexity index is 392. The van der Waals surface area contributed by atoms with E-state index in [2.05, 4.69) is 22.2 Å². The molecular weight excluding hydrogens is 230 g/mol. The van der Waals surface area contributed by atoms with Crippen LogP contribution in [0.15, 0.2) is 12.1 Å². The summed E-state index contributed by atoms with van der Waals surface area (Å²) in [6, 6.07) is 4.19. The van der Waals surface area contributed by atoms with E-state index >= 15 is 0 Å². The standard InChI is InChI=1S/C14H21NO3/c1-10-7-12(8-11(2)14(10)18-4)9-15-6-5-13(16)17-3/h7-8,15H,5-6,9H2,1-4H3. The van der Waals surface area contributed by atoms with Crippen molar-refractivity contribution >= 4 is 5.97 Å². The van der Waals surface area contributed by atoms with Crippen LogP contribution in [0.5, 0.6) is 5.75 Å². The normalized spacial score (nSPS) is 10.2. The lowest BCUT2D eigenvalue weighted by atomic mass is 10.1. The second kappa shape index (κ2) is 7.01. The van der Waals surface area contributed by atoms with Crippen LogP contribution in [0.2, 0.25) is 0 Å². The average molecular weight is 251 g/mol. The predicted molar refractivity (Wildman–Crippen MR) is 70.8 cm³/mol. The monoisotopic (exact) mass is 251 g/mol. The maximum atomic E-state index is 10.9. The fourth-order valence-corrected chi connectivity index (χ4v) is 1.99. The first-order valence-electron chi connectivity index (χ1n) is 6.00. The van der Waals surface area contributed by atoms with Gasteiger partial charge in [-0.2, -0.15) is 0 Å². The van der Waals surface area contributed by atoms with Gasteiger partial charge in [-0.25, -0.2) is 0 Å². The molecule has 0 aliphatic carbocycles. The summed E-state index contributed by atoms with van der Waals surface area (Å²) in [6.07, 6.45) is 0.393. The van der Waals surface area contributed by atoms with E-state index < -0.39 is 0 Å². The fourth-order valence-electron chi connectivity index (χ4n) is 1.99. The molecule has 4 nitrogen and oxygen atoms in total. The Hall–Kier alpha value is -1.55. The minimum Gasteiger partial charge on any atom is -0.496 e. The second-order valence-electron chi connectivity index (χ2n) is 4.27. The van der Waals surface area contributed by atoms with Crippen LogP contribution in [-0.2, 0) is 16.1 Å². The van der Waals surface area contributed by atoms with Gasteiger partial charge in [-0.15, -0.1) is 0 Å². The molecule has 0 atom stereocenters. The molecule has 100 valence electrons. The zero-order valence-corrected chi connectivity index (χ0v) is 11.5. The SMILES string of the molecule is COC(=O)CCNCc1cc(C)c(OC)c(C)c1. The summed E-state index contributed by atoms with van der Waals surface area (Å²) in [4.78, 5) is 10.9. The third-order valence-electron chi connectivity index (χ3n) is 2.79. The molecule has 1 N–H and O–H groups in total. The highest BCUT2D eigenvalue weighted by Gasteiger charge is 2.05. The lowest BCUT2D eigenvalue weighted by molar-refractivity contribution is -0.140. The molecule has 0 unspecified atom stereocenters. The smallest absolute Gasteiger partial charge is 0.306 e. The molecule has 4 heteroatoms. The van der Waals surface area contributed by atoms with Crippen LogP contribution in [-0.4, -0.2) is 26.7 Å². The van der Waals surface area contributed by atoms with Gasteiger partial charge >= 0.3 is 5.97 Å². The summed E-state index contributed by atoms with van der Waals surface area (Å²) in [6.45, 7) is 5.42. The minimum atomic E-state index is -0.190. The summed E-state index contributed by atoms with van der Waals surface area (Å²) < 4.78 is 9.90. The van der Waals surface area contributed by atoms with Gasteiger partial charge < -0.3 is 14.8 Å². The van der Waals surface area contributed by atoms with Gasteiger partial charge in [-0.05, 0) is 30.5 Å². The van der Waals surface area contributed by atoms with E-state index in [4.69, 9.17) is 4.74 Å². The Kier molecular flexibility index (Phi) is 5.65. The van der Waals surface area contributed by atoms with Crippen LogP contribution in [0.4, 0.5) is 0 Å². The summed E-state index contributed by atoms with van der Waals surface area (Å²) in [5.41, 5.74) is 3.44. The molecule has 0 heterocycles. The zero-order chi connectivity index (χ0) is 13.5. The lowest BCUT2D eigenvalue weighted by Gasteiger charge is -2.11. The summed E-state index contributed by atoms with van der Waals surface area (Å²) in [5.74, 6) is 0.748. The highest BCUT2D eigenvalue weighted by Crippen LogP contribution is 2.24. The highest BCUT2D eigenvalue weighted by atomic mass is 16.5. The van der Waals surface area contributed by atoms with Crippen molar-refractivity contribution in [2.24, 2.45) is 0 Å². The molecule has 1 rings (SSSR count). The number of carbonyl (C=O) groups is 1. The highest BCUT2D eigenvalue weighted by molar-refractivity contribution is 5.69. The maximum absolute atomic E-state index is 10.9. The number of hydrogen-bond donors (Lipinski definition) is 1. The zero-order valence-electron chi connectivity index (χ0n) is 11.5. The van der Waals surface area contributed by atoms with Crippen molar-refractivity contribution in [1.82, 2.24) is 5.32 Å². The number of nitrogens with one attached hydrogen (secondary N) is 1. The van der Waals surface area contributed by atoms with Crippen LogP contribution in [0.25, 0.3) is 0 Å². The molecule has 0 radical (unpaired) electrons. The van der Waals surface area contributed by atoms with Gasteiger partial charge in [0.2, 0.25) is 0 Å². The van der Waals surface area contributed by atoms with Crippen molar-refractivity contribution in [3.8, 4) is 5.75 Å². The number of hydrogen-bond acceptors (Lipinski definition) is 4. The van der Waals surface area contributed by atoms with E-state index in [-0.39, 0.29) is 5.97 Å². The number of esters is 1. The van der Waals surface area contributed by atoms with E-state index in [0.29, 0.717) is 13.0 Å². The van der Waals surface area contributed by atoms with Gasteiger partial charge in [0.25, 0.3) is 0 Å². The molecule has 0 aliphatic heterocycles. The summed E-state index contributed by atoms with van der Waals surface area (Å²) >= 11 is 0. The van der Waals surface area contributed by atoms with Crippen molar-refractivity contribution in [2.75, 3.05) is 20.8 Å².